The highest BCUT2D eigenvalue weighted by molar-refractivity contribution is 5.93. The van der Waals surface area contributed by atoms with Crippen molar-refractivity contribution < 1.29 is 19.5 Å². The van der Waals surface area contributed by atoms with Crippen LogP contribution in [0.15, 0.2) is 42.5 Å². The maximum Gasteiger partial charge on any atom is 0.243 e. The molecule has 0 saturated carbocycles. The number of halogens is 1. The Hall–Kier alpha value is -2.68. The third-order valence-electron chi connectivity index (χ3n) is 6.79. The van der Waals surface area contributed by atoms with E-state index in [4.69, 9.17) is 0 Å². The summed E-state index contributed by atoms with van der Waals surface area (Å²) in [6.07, 6.45) is 0.864. The Kier molecular flexibility index (Phi) is 12.2. The molecule has 2 aromatic rings. The Morgan fingerprint density at radius 1 is 1.03 bits per heavy atom. The van der Waals surface area contributed by atoms with Crippen molar-refractivity contribution in [1.82, 2.24) is 20.9 Å². The Morgan fingerprint density at radius 2 is 1.72 bits per heavy atom. The molecule has 0 radical (unpaired) electrons. The Labute approximate surface area is 238 Å². The fourth-order valence-electron chi connectivity index (χ4n) is 4.74. The van der Waals surface area contributed by atoms with Gasteiger partial charge < -0.3 is 26.0 Å². The van der Waals surface area contributed by atoms with Crippen LogP contribution in [0, 0.1) is 11.3 Å². The van der Waals surface area contributed by atoms with Gasteiger partial charge >= 0.3 is 0 Å². The molecule has 3 atom stereocenters. The zero-order chi connectivity index (χ0) is 27.9. The fraction of sp³-hybridized carbons (Fsp3) is 0.567. The van der Waals surface area contributed by atoms with E-state index >= 15 is 0 Å². The molecule has 4 N–H and O–H groups in total. The number of nitrogens with one attached hydrogen (secondary N) is 3. The van der Waals surface area contributed by atoms with Crippen LogP contribution < -0.4 is 16.0 Å². The highest BCUT2D eigenvalue weighted by Gasteiger charge is 2.39. The van der Waals surface area contributed by atoms with Gasteiger partial charge in [-0.3, -0.25) is 14.4 Å². The molecule has 0 bridgehead atoms. The summed E-state index contributed by atoms with van der Waals surface area (Å²) in [6, 6.07) is 12.5. The van der Waals surface area contributed by atoms with Crippen LogP contribution in [0.4, 0.5) is 0 Å². The lowest BCUT2D eigenvalue weighted by Gasteiger charge is -2.31. The average Bonchev–Trinajstić information content (AvgIpc) is 3.35. The zero-order valence-corrected chi connectivity index (χ0v) is 24.6. The van der Waals surface area contributed by atoms with Gasteiger partial charge in [-0.15, -0.1) is 12.4 Å². The van der Waals surface area contributed by atoms with E-state index in [1.807, 2.05) is 63.2 Å². The number of rotatable bonds is 11. The van der Waals surface area contributed by atoms with E-state index in [9.17, 15) is 19.5 Å². The quantitative estimate of drug-likeness (QED) is 0.338. The number of benzene rings is 2. The number of fused-ring (bicyclic) bond motifs is 1. The predicted molar refractivity (Wildman–Crippen MR) is 158 cm³/mol. The van der Waals surface area contributed by atoms with Gasteiger partial charge in [0.2, 0.25) is 17.7 Å². The van der Waals surface area contributed by atoms with Crippen molar-refractivity contribution in [3.63, 3.8) is 0 Å². The second-order valence-corrected chi connectivity index (χ2v) is 11.8. The van der Waals surface area contributed by atoms with Crippen LogP contribution in [0.3, 0.4) is 0 Å². The minimum absolute atomic E-state index is 0. The van der Waals surface area contributed by atoms with Gasteiger partial charge in [0.15, 0.2) is 0 Å². The molecule has 0 spiro atoms. The van der Waals surface area contributed by atoms with E-state index in [1.165, 1.54) is 0 Å². The Balaban J connectivity index is 0.00000533. The van der Waals surface area contributed by atoms with Crippen molar-refractivity contribution in [2.45, 2.75) is 72.1 Å². The minimum atomic E-state index is -0.841. The SMILES string of the molecule is CC(C)CNC[C@H](O)CNC(=O)[C@@H](Cc1ccc2ccccc2c1)NC(=O)[C@@H]1CCCN1C(=O)C(C)(C)C.Cl. The number of nitrogens with zero attached hydrogens (tertiary/aromatic N) is 1. The lowest BCUT2D eigenvalue weighted by atomic mass is 9.94. The number of amides is 3. The maximum atomic E-state index is 13.4. The molecule has 0 aromatic heterocycles. The van der Waals surface area contributed by atoms with Gasteiger partial charge in [0.05, 0.1) is 6.10 Å². The van der Waals surface area contributed by atoms with E-state index in [-0.39, 0.29) is 36.7 Å². The van der Waals surface area contributed by atoms with E-state index in [1.54, 1.807) is 4.90 Å². The van der Waals surface area contributed by atoms with Crippen LogP contribution in [-0.4, -0.2) is 72.1 Å². The molecule has 1 aliphatic heterocycles. The number of hydrogen-bond donors (Lipinski definition) is 4. The molecule has 3 amide bonds. The summed E-state index contributed by atoms with van der Waals surface area (Å²) in [4.78, 5) is 41.3. The highest BCUT2D eigenvalue weighted by Crippen LogP contribution is 2.26. The Morgan fingerprint density at radius 3 is 2.38 bits per heavy atom. The molecular formula is C30H45ClN4O4. The molecule has 216 valence electrons. The summed E-state index contributed by atoms with van der Waals surface area (Å²) >= 11 is 0. The van der Waals surface area contributed by atoms with Crippen LogP contribution in [0.25, 0.3) is 10.8 Å². The number of hydrogen-bond acceptors (Lipinski definition) is 5. The maximum absolute atomic E-state index is 13.4. The van der Waals surface area contributed by atoms with Crippen LogP contribution in [-0.2, 0) is 20.8 Å². The van der Waals surface area contributed by atoms with Gasteiger partial charge in [-0.25, -0.2) is 0 Å². The van der Waals surface area contributed by atoms with Crippen LogP contribution in [0.2, 0.25) is 0 Å². The van der Waals surface area contributed by atoms with Gasteiger partial charge in [0.1, 0.15) is 12.1 Å². The molecule has 8 nitrogen and oxygen atoms in total. The second-order valence-electron chi connectivity index (χ2n) is 11.8. The summed E-state index contributed by atoms with van der Waals surface area (Å²) < 4.78 is 0. The normalized spacial score (nSPS) is 17.0. The van der Waals surface area contributed by atoms with Crippen molar-refractivity contribution in [2.75, 3.05) is 26.2 Å². The van der Waals surface area contributed by atoms with E-state index in [0.29, 0.717) is 31.8 Å². The molecule has 39 heavy (non-hydrogen) atoms. The van der Waals surface area contributed by atoms with Crippen LogP contribution in [0.5, 0.6) is 0 Å². The van der Waals surface area contributed by atoms with Gasteiger partial charge in [-0.1, -0.05) is 77.1 Å². The molecular weight excluding hydrogens is 516 g/mol. The van der Waals surface area contributed by atoms with E-state index in [2.05, 4.69) is 29.8 Å². The summed E-state index contributed by atoms with van der Waals surface area (Å²) in [7, 11) is 0. The number of carbonyl (C=O) groups is 3. The first-order valence-corrected chi connectivity index (χ1v) is 13.7. The first-order valence-electron chi connectivity index (χ1n) is 13.7. The molecule has 3 rings (SSSR count). The number of aliphatic hydroxyl groups is 1. The average molecular weight is 561 g/mol. The minimum Gasteiger partial charge on any atom is -0.390 e. The third kappa shape index (κ3) is 9.48. The van der Waals surface area contributed by atoms with Crippen molar-refractivity contribution in [3.8, 4) is 0 Å². The van der Waals surface area contributed by atoms with Crippen molar-refractivity contribution in [2.24, 2.45) is 11.3 Å². The zero-order valence-electron chi connectivity index (χ0n) is 23.8. The summed E-state index contributed by atoms with van der Waals surface area (Å²) in [5.41, 5.74) is 0.321. The molecule has 9 heteroatoms. The van der Waals surface area contributed by atoms with E-state index < -0.39 is 23.6 Å². The van der Waals surface area contributed by atoms with Gasteiger partial charge in [-0.05, 0) is 41.6 Å². The van der Waals surface area contributed by atoms with Crippen LogP contribution >= 0.6 is 12.4 Å². The third-order valence-corrected chi connectivity index (χ3v) is 6.79. The fourth-order valence-corrected chi connectivity index (χ4v) is 4.74. The molecule has 1 heterocycles. The van der Waals surface area contributed by atoms with Gasteiger partial charge in [0, 0.05) is 31.5 Å². The van der Waals surface area contributed by atoms with Crippen LogP contribution in [0.1, 0.15) is 53.0 Å². The molecule has 1 aliphatic rings. The first kappa shape index (κ1) is 32.5. The highest BCUT2D eigenvalue weighted by atomic mass is 35.5. The van der Waals surface area contributed by atoms with Crippen molar-refractivity contribution in [3.05, 3.63) is 48.0 Å². The molecule has 2 aromatic carbocycles. The summed E-state index contributed by atoms with van der Waals surface area (Å²) in [5, 5.41) is 21.4. The smallest absolute Gasteiger partial charge is 0.243 e. The van der Waals surface area contributed by atoms with Crippen molar-refractivity contribution in [1.29, 1.82) is 0 Å². The monoisotopic (exact) mass is 560 g/mol. The lowest BCUT2D eigenvalue weighted by Crippen LogP contribution is -2.55. The predicted octanol–water partition coefficient (Wildman–Crippen LogP) is 3.05. The molecule has 1 saturated heterocycles. The molecule has 0 unspecified atom stereocenters. The number of carbonyl (C=O) groups excluding carboxylic acids is 3. The first-order chi connectivity index (χ1) is 18.0. The Bertz CT molecular complexity index is 1120. The second kappa shape index (κ2) is 14.6. The summed E-state index contributed by atoms with van der Waals surface area (Å²) in [5.74, 6) is -0.289. The standard InChI is InChI=1S/C30H44N4O4.ClH/c1-20(2)17-31-18-24(35)19-32-27(36)25(16-21-12-13-22-9-6-7-10-23(22)15-21)33-28(37)26-11-8-14-34(26)29(38)30(3,4)5;/h6-7,9-10,12-13,15,20,24-26,31,35H,8,11,14,16-19H2,1-5H3,(H,32,36)(H,33,37);1H/t24-,25+,26-;/m0./s1. The van der Waals surface area contributed by atoms with Gasteiger partial charge in [0.25, 0.3) is 0 Å². The summed E-state index contributed by atoms with van der Waals surface area (Å²) in [6.45, 7) is 11.5. The number of likely N-dealkylation sites (tertiary alicyclic amines) is 1. The van der Waals surface area contributed by atoms with Crippen molar-refractivity contribution >= 4 is 40.9 Å². The molecule has 1 fully saturated rings. The molecule has 0 aliphatic carbocycles. The van der Waals surface area contributed by atoms with E-state index in [0.717, 1.165) is 29.3 Å². The van der Waals surface area contributed by atoms with Gasteiger partial charge in [-0.2, -0.15) is 0 Å². The topological polar surface area (TPSA) is 111 Å². The number of aliphatic hydroxyl groups excluding tert-OH is 1. The lowest BCUT2D eigenvalue weighted by molar-refractivity contribution is -0.145. The largest absolute Gasteiger partial charge is 0.390 e.